The van der Waals surface area contributed by atoms with Gasteiger partial charge in [0.05, 0.1) is 24.8 Å². The standard InChI is InChI=1S/C15H20N2O/c1-12-8-13(9-16)4-5-14(12)10-18-11-15(17)6-2-3-7-15/h4-5,8H,2-3,6-7,10-11,17H2,1H3. The molecule has 3 heteroatoms. The van der Waals surface area contributed by atoms with Gasteiger partial charge in [-0.3, -0.25) is 0 Å². The first-order chi connectivity index (χ1) is 8.63. The highest BCUT2D eigenvalue weighted by atomic mass is 16.5. The molecule has 1 saturated carbocycles. The Labute approximate surface area is 109 Å². The molecule has 2 N–H and O–H groups in total. The lowest BCUT2D eigenvalue weighted by Gasteiger charge is -2.23. The lowest BCUT2D eigenvalue weighted by molar-refractivity contribution is 0.0748. The van der Waals surface area contributed by atoms with Crippen molar-refractivity contribution < 1.29 is 4.74 Å². The molecular weight excluding hydrogens is 224 g/mol. The van der Waals surface area contributed by atoms with Gasteiger partial charge in [0.25, 0.3) is 0 Å². The Bertz CT molecular complexity index is 456. The van der Waals surface area contributed by atoms with E-state index < -0.39 is 0 Å². The van der Waals surface area contributed by atoms with Crippen LogP contribution in [-0.2, 0) is 11.3 Å². The second-order valence-corrected chi connectivity index (χ2v) is 5.32. The molecule has 0 aliphatic heterocycles. The molecule has 96 valence electrons. The van der Waals surface area contributed by atoms with Crippen molar-refractivity contribution in [1.82, 2.24) is 0 Å². The Morgan fingerprint density at radius 3 is 2.72 bits per heavy atom. The van der Waals surface area contributed by atoms with Crippen LogP contribution < -0.4 is 5.73 Å². The first-order valence-electron chi connectivity index (χ1n) is 6.49. The molecule has 3 nitrogen and oxygen atoms in total. The SMILES string of the molecule is Cc1cc(C#N)ccc1COCC1(N)CCCC1. The molecule has 0 amide bonds. The average Bonchev–Trinajstić information content (AvgIpc) is 2.78. The third kappa shape index (κ3) is 3.10. The molecule has 1 fully saturated rings. The van der Waals surface area contributed by atoms with Gasteiger partial charge in [-0.1, -0.05) is 18.9 Å². The minimum atomic E-state index is -0.111. The van der Waals surface area contributed by atoms with Crippen LogP contribution in [0.3, 0.4) is 0 Å². The summed E-state index contributed by atoms with van der Waals surface area (Å²) in [6.07, 6.45) is 4.57. The van der Waals surface area contributed by atoms with Gasteiger partial charge in [-0.05, 0) is 43.0 Å². The average molecular weight is 244 g/mol. The van der Waals surface area contributed by atoms with Gasteiger partial charge < -0.3 is 10.5 Å². The highest BCUT2D eigenvalue weighted by molar-refractivity contribution is 5.37. The van der Waals surface area contributed by atoms with Crippen LogP contribution in [0.25, 0.3) is 0 Å². The normalized spacial score (nSPS) is 17.6. The molecule has 2 rings (SSSR count). The van der Waals surface area contributed by atoms with E-state index in [2.05, 4.69) is 6.07 Å². The van der Waals surface area contributed by atoms with Crippen molar-refractivity contribution in [2.45, 2.75) is 44.8 Å². The molecule has 0 heterocycles. The highest BCUT2D eigenvalue weighted by Gasteiger charge is 2.29. The number of nitrogens with two attached hydrogens (primary N) is 1. The van der Waals surface area contributed by atoms with Gasteiger partial charge in [-0.25, -0.2) is 0 Å². The van der Waals surface area contributed by atoms with Crippen LogP contribution in [0, 0.1) is 18.3 Å². The Kier molecular flexibility index (Phi) is 4.00. The van der Waals surface area contributed by atoms with E-state index >= 15 is 0 Å². The van der Waals surface area contributed by atoms with E-state index in [0.29, 0.717) is 18.8 Å². The first-order valence-corrected chi connectivity index (χ1v) is 6.49. The minimum absolute atomic E-state index is 0.111. The first kappa shape index (κ1) is 13.1. The van der Waals surface area contributed by atoms with Gasteiger partial charge in [0, 0.05) is 5.54 Å². The van der Waals surface area contributed by atoms with E-state index in [-0.39, 0.29) is 5.54 Å². The summed E-state index contributed by atoms with van der Waals surface area (Å²) in [6, 6.07) is 7.83. The summed E-state index contributed by atoms with van der Waals surface area (Å²) in [5.74, 6) is 0. The third-order valence-corrected chi connectivity index (χ3v) is 3.72. The van der Waals surface area contributed by atoms with E-state index in [1.807, 2.05) is 25.1 Å². The maximum absolute atomic E-state index is 8.81. The predicted octanol–water partition coefficient (Wildman–Crippen LogP) is 2.65. The summed E-state index contributed by atoms with van der Waals surface area (Å²) in [5.41, 5.74) is 9.06. The quantitative estimate of drug-likeness (QED) is 0.885. The Morgan fingerprint density at radius 1 is 1.39 bits per heavy atom. The summed E-state index contributed by atoms with van der Waals surface area (Å²) in [7, 11) is 0. The van der Waals surface area contributed by atoms with Gasteiger partial charge in [-0.2, -0.15) is 5.26 Å². The van der Waals surface area contributed by atoms with Crippen LogP contribution in [0.2, 0.25) is 0 Å². The Morgan fingerprint density at radius 2 is 2.11 bits per heavy atom. The number of aryl methyl sites for hydroxylation is 1. The molecule has 0 unspecified atom stereocenters. The van der Waals surface area contributed by atoms with Crippen LogP contribution in [0.4, 0.5) is 0 Å². The van der Waals surface area contributed by atoms with Crippen molar-refractivity contribution in [2.75, 3.05) is 6.61 Å². The maximum Gasteiger partial charge on any atom is 0.0991 e. The van der Waals surface area contributed by atoms with E-state index in [4.69, 9.17) is 15.7 Å². The number of rotatable bonds is 4. The van der Waals surface area contributed by atoms with Crippen molar-refractivity contribution in [1.29, 1.82) is 5.26 Å². The summed E-state index contributed by atoms with van der Waals surface area (Å²) < 4.78 is 5.75. The Balaban J connectivity index is 1.89. The number of hydrogen-bond acceptors (Lipinski definition) is 3. The molecule has 0 aromatic heterocycles. The largest absolute Gasteiger partial charge is 0.375 e. The second-order valence-electron chi connectivity index (χ2n) is 5.32. The van der Waals surface area contributed by atoms with Gasteiger partial charge in [0.15, 0.2) is 0 Å². The molecular formula is C15H20N2O. The molecule has 0 bridgehead atoms. The van der Waals surface area contributed by atoms with Crippen molar-refractivity contribution in [3.8, 4) is 6.07 Å². The summed E-state index contributed by atoms with van der Waals surface area (Å²) >= 11 is 0. The molecule has 18 heavy (non-hydrogen) atoms. The molecule has 1 aliphatic carbocycles. The lowest BCUT2D eigenvalue weighted by Crippen LogP contribution is -2.41. The molecule has 1 aliphatic rings. The molecule has 0 radical (unpaired) electrons. The van der Waals surface area contributed by atoms with Crippen molar-refractivity contribution in [3.63, 3.8) is 0 Å². The van der Waals surface area contributed by atoms with Crippen molar-refractivity contribution in [3.05, 3.63) is 34.9 Å². The van der Waals surface area contributed by atoms with Gasteiger partial charge in [0.1, 0.15) is 0 Å². The number of hydrogen-bond donors (Lipinski definition) is 1. The fourth-order valence-electron chi connectivity index (χ4n) is 2.52. The molecule has 1 aromatic rings. The smallest absolute Gasteiger partial charge is 0.0991 e. The van der Waals surface area contributed by atoms with Crippen molar-refractivity contribution in [2.24, 2.45) is 5.73 Å². The fraction of sp³-hybridized carbons (Fsp3) is 0.533. The second kappa shape index (κ2) is 5.51. The number of nitrogens with zero attached hydrogens (tertiary/aromatic N) is 1. The van der Waals surface area contributed by atoms with Crippen LogP contribution in [0.5, 0.6) is 0 Å². The molecule has 0 saturated heterocycles. The maximum atomic E-state index is 8.81. The monoisotopic (exact) mass is 244 g/mol. The molecule has 0 atom stereocenters. The molecule has 1 aromatic carbocycles. The van der Waals surface area contributed by atoms with E-state index in [9.17, 15) is 0 Å². The zero-order chi connectivity index (χ0) is 13.0. The predicted molar refractivity (Wildman–Crippen MR) is 70.9 cm³/mol. The van der Waals surface area contributed by atoms with Gasteiger partial charge in [-0.15, -0.1) is 0 Å². The van der Waals surface area contributed by atoms with Gasteiger partial charge >= 0.3 is 0 Å². The Hall–Kier alpha value is -1.37. The van der Waals surface area contributed by atoms with E-state index in [1.165, 1.54) is 12.8 Å². The number of benzene rings is 1. The number of nitriles is 1. The minimum Gasteiger partial charge on any atom is -0.375 e. The van der Waals surface area contributed by atoms with Crippen LogP contribution in [0.1, 0.15) is 42.4 Å². The lowest BCUT2D eigenvalue weighted by atomic mass is 10.0. The summed E-state index contributed by atoms with van der Waals surface area (Å²) in [5, 5.41) is 8.81. The van der Waals surface area contributed by atoms with E-state index in [0.717, 1.165) is 24.0 Å². The van der Waals surface area contributed by atoms with Crippen LogP contribution in [-0.4, -0.2) is 12.1 Å². The summed E-state index contributed by atoms with van der Waals surface area (Å²) in [6.45, 7) is 3.22. The topological polar surface area (TPSA) is 59.0 Å². The zero-order valence-corrected chi connectivity index (χ0v) is 10.9. The number of ether oxygens (including phenoxy) is 1. The zero-order valence-electron chi connectivity index (χ0n) is 10.9. The van der Waals surface area contributed by atoms with Crippen molar-refractivity contribution >= 4 is 0 Å². The van der Waals surface area contributed by atoms with Crippen LogP contribution >= 0.6 is 0 Å². The van der Waals surface area contributed by atoms with Gasteiger partial charge in [0.2, 0.25) is 0 Å². The third-order valence-electron chi connectivity index (χ3n) is 3.72. The highest BCUT2D eigenvalue weighted by Crippen LogP contribution is 2.27. The summed E-state index contributed by atoms with van der Waals surface area (Å²) in [4.78, 5) is 0. The fourth-order valence-corrected chi connectivity index (χ4v) is 2.52. The van der Waals surface area contributed by atoms with E-state index in [1.54, 1.807) is 0 Å². The molecule has 0 spiro atoms. The van der Waals surface area contributed by atoms with Crippen LogP contribution in [0.15, 0.2) is 18.2 Å².